The van der Waals surface area contributed by atoms with Gasteiger partial charge in [0.2, 0.25) is 0 Å². The molecule has 9 heteroatoms. The highest BCUT2D eigenvalue weighted by atomic mass is 32.2. The van der Waals surface area contributed by atoms with Gasteiger partial charge in [0.15, 0.2) is 0 Å². The number of rotatable bonds is 5. The molecule has 2 heterocycles. The molecule has 2 aromatic heterocycles. The van der Waals surface area contributed by atoms with Gasteiger partial charge in [-0.1, -0.05) is 0 Å². The molecule has 1 amide bonds. The lowest BCUT2D eigenvalue weighted by Gasteiger charge is -2.12. The molecular weight excluding hydrogens is 328 g/mol. The van der Waals surface area contributed by atoms with Gasteiger partial charge in [0.25, 0.3) is 5.91 Å². The standard InChI is InChI=1S/C15H16N6O2S/c1-21-14-9(7-18-21)3-6-12(23-2)13(14)20-24-10-4-5-11(17-8-10)15(22)19-16/h3-8,20H,16H2,1-2H3,(H,19,22). The molecule has 0 aliphatic rings. The number of carbonyl (C=O) groups is 1. The minimum absolute atomic E-state index is 0.258. The van der Waals surface area contributed by atoms with E-state index in [1.54, 1.807) is 36.3 Å². The van der Waals surface area contributed by atoms with Crippen LogP contribution in [0.3, 0.4) is 0 Å². The number of nitrogens with one attached hydrogen (secondary N) is 2. The molecule has 0 unspecified atom stereocenters. The van der Waals surface area contributed by atoms with Gasteiger partial charge in [-0.15, -0.1) is 0 Å². The van der Waals surface area contributed by atoms with Crippen LogP contribution < -0.4 is 20.7 Å². The summed E-state index contributed by atoms with van der Waals surface area (Å²) >= 11 is 1.36. The van der Waals surface area contributed by atoms with Crippen molar-refractivity contribution < 1.29 is 9.53 Å². The summed E-state index contributed by atoms with van der Waals surface area (Å²) in [7, 11) is 3.49. The molecule has 1 aromatic carbocycles. The van der Waals surface area contributed by atoms with E-state index in [-0.39, 0.29) is 5.69 Å². The Morgan fingerprint density at radius 1 is 1.29 bits per heavy atom. The number of amides is 1. The number of hydrogen-bond donors (Lipinski definition) is 3. The van der Waals surface area contributed by atoms with Crippen LogP contribution in [0.5, 0.6) is 5.75 Å². The average Bonchev–Trinajstić information content (AvgIpc) is 3.00. The average molecular weight is 344 g/mol. The summed E-state index contributed by atoms with van der Waals surface area (Å²) in [5.74, 6) is 5.37. The van der Waals surface area contributed by atoms with E-state index in [0.29, 0.717) is 5.75 Å². The first-order valence-corrected chi connectivity index (χ1v) is 7.84. The van der Waals surface area contributed by atoms with Gasteiger partial charge in [-0.25, -0.2) is 10.8 Å². The van der Waals surface area contributed by atoms with Gasteiger partial charge in [-0.2, -0.15) is 5.10 Å². The van der Waals surface area contributed by atoms with E-state index in [2.05, 4.69) is 14.8 Å². The zero-order chi connectivity index (χ0) is 17.1. The fourth-order valence-corrected chi connectivity index (χ4v) is 2.93. The number of nitrogens with two attached hydrogens (primary N) is 1. The monoisotopic (exact) mass is 344 g/mol. The van der Waals surface area contributed by atoms with Crippen molar-refractivity contribution in [2.24, 2.45) is 12.9 Å². The van der Waals surface area contributed by atoms with Crippen LogP contribution in [0.1, 0.15) is 10.5 Å². The predicted octanol–water partition coefficient (Wildman–Crippen LogP) is 1.70. The van der Waals surface area contributed by atoms with Crippen LogP contribution in [0.25, 0.3) is 10.9 Å². The van der Waals surface area contributed by atoms with E-state index >= 15 is 0 Å². The Bertz CT molecular complexity index is 878. The number of methoxy groups -OCH3 is 1. The molecule has 3 aromatic rings. The minimum Gasteiger partial charge on any atom is -0.494 e. The Hall–Kier alpha value is -2.78. The molecule has 0 spiro atoms. The first-order valence-electron chi connectivity index (χ1n) is 7.02. The van der Waals surface area contributed by atoms with Crippen LogP contribution in [0.2, 0.25) is 0 Å². The highest BCUT2D eigenvalue weighted by Crippen LogP contribution is 2.35. The van der Waals surface area contributed by atoms with E-state index in [1.807, 2.05) is 24.6 Å². The van der Waals surface area contributed by atoms with Gasteiger partial charge in [0.05, 0.1) is 18.8 Å². The number of ether oxygens (including phenoxy) is 1. The van der Waals surface area contributed by atoms with Crippen LogP contribution in [0.15, 0.2) is 41.6 Å². The van der Waals surface area contributed by atoms with Gasteiger partial charge in [0, 0.05) is 23.5 Å². The molecule has 124 valence electrons. The van der Waals surface area contributed by atoms with E-state index in [9.17, 15) is 4.79 Å². The SMILES string of the molecule is COc1ccc2cnn(C)c2c1NSc1ccc(C(=O)NN)nc1. The normalized spacial score (nSPS) is 10.6. The molecule has 0 bridgehead atoms. The summed E-state index contributed by atoms with van der Waals surface area (Å²) in [6.45, 7) is 0. The lowest BCUT2D eigenvalue weighted by atomic mass is 10.2. The summed E-state index contributed by atoms with van der Waals surface area (Å²) in [4.78, 5) is 16.3. The van der Waals surface area contributed by atoms with Crippen molar-refractivity contribution in [1.82, 2.24) is 20.2 Å². The number of hydrazine groups is 1. The van der Waals surface area contributed by atoms with E-state index in [0.717, 1.165) is 21.5 Å². The van der Waals surface area contributed by atoms with Gasteiger partial charge in [-0.05, 0) is 36.2 Å². The number of fused-ring (bicyclic) bond motifs is 1. The first-order chi connectivity index (χ1) is 11.6. The number of benzene rings is 1. The maximum absolute atomic E-state index is 11.4. The largest absolute Gasteiger partial charge is 0.494 e. The number of nitrogens with zero attached hydrogens (tertiary/aromatic N) is 3. The molecule has 0 fully saturated rings. The molecule has 24 heavy (non-hydrogen) atoms. The molecule has 3 rings (SSSR count). The van der Waals surface area contributed by atoms with Crippen molar-refractivity contribution in [1.29, 1.82) is 0 Å². The topological polar surface area (TPSA) is 107 Å². The molecule has 0 saturated heterocycles. The fraction of sp³-hybridized carbons (Fsp3) is 0.133. The lowest BCUT2D eigenvalue weighted by Crippen LogP contribution is -2.30. The number of pyridine rings is 1. The van der Waals surface area contributed by atoms with Crippen molar-refractivity contribution in [3.8, 4) is 5.75 Å². The number of carbonyl (C=O) groups excluding carboxylic acids is 1. The van der Waals surface area contributed by atoms with Gasteiger partial charge >= 0.3 is 0 Å². The van der Waals surface area contributed by atoms with Crippen molar-refractivity contribution in [3.63, 3.8) is 0 Å². The smallest absolute Gasteiger partial charge is 0.283 e. The van der Waals surface area contributed by atoms with Crippen LogP contribution in [-0.4, -0.2) is 27.8 Å². The second-order valence-corrected chi connectivity index (χ2v) is 5.79. The molecule has 0 radical (unpaired) electrons. The Labute approximate surface area is 142 Å². The Kier molecular flexibility index (Phi) is 4.54. The number of anilines is 1. The van der Waals surface area contributed by atoms with Crippen molar-refractivity contribution in [3.05, 3.63) is 42.4 Å². The molecule has 8 nitrogen and oxygen atoms in total. The quantitative estimate of drug-likeness (QED) is 0.280. The highest BCUT2D eigenvalue weighted by molar-refractivity contribution is 8.00. The Morgan fingerprint density at radius 3 is 2.79 bits per heavy atom. The third-order valence-corrected chi connectivity index (χ3v) is 4.24. The predicted molar refractivity (Wildman–Crippen MR) is 92.6 cm³/mol. The molecule has 0 saturated carbocycles. The summed E-state index contributed by atoms with van der Waals surface area (Å²) < 4.78 is 10.5. The lowest BCUT2D eigenvalue weighted by molar-refractivity contribution is 0.0948. The molecule has 0 aliphatic carbocycles. The molecular formula is C15H16N6O2S. The van der Waals surface area contributed by atoms with Crippen LogP contribution >= 0.6 is 11.9 Å². The second kappa shape index (κ2) is 6.77. The van der Waals surface area contributed by atoms with E-state index in [4.69, 9.17) is 10.6 Å². The number of aryl methyl sites for hydroxylation is 1. The number of aromatic nitrogens is 3. The maximum atomic E-state index is 11.4. The van der Waals surface area contributed by atoms with Gasteiger partial charge in [0.1, 0.15) is 17.1 Å². The zero-order valence-electron chi connectivity index (χ0n) is 13.1. The molecule has 0 aliphatic heterocycles. The summed E-state index contributed by atoms with van der Waals surface area (Å²) in [5.41, 5.74) is 4.07. The number of hydrogen-bond acceptors (Lipinski definition) is 7. The van der Waals surface area contributed by atoms with E-state index < -0.39 is 5.91 Å². The van der Waals surface area contributed by atoms with Gasteiger partial charge < -0.3 is 9.46 Å². The summed E-state index contributed by atoms with van der Waals surface area (Å²) in [6.07, 6.45) is 3.39. The third kappa shape index (κ3) is 2.99. The van der Waals surface area contributed by atoms with Gasteiger partial charge in [-0.3, -0.25) is 14.9 Å². The van der Waals surface area contributed by atoms with Crippen LogP contribution in [0, 0.1) is 0 Å². The highest BCUT2D eigenvalue weighted by Gasteiger charge is 2.13. The Morgan fingerprint density at radius 2 is 2.12 bits per heavy atom. The number of nitrogen functional groups attached to an aromatic ring is 1. The molecule has 4 N–H and O–H groups in total. The van der Waals surface area contributed by atoms with E-state index in [1.165, 1.54) is 11.9 Å². The molecule has 0 atom stereocenters. The minimum atomic E-state index is -0.430. The van der Waals surface area contributed by atoms with Crippen molar-refractivity contribution in [2.75, 3.05) is 11.8 Å². The zero-order valence-corrected chi connectivity index (χ0v) is 13.9. The summed E-state index contributed by atoms with van der Waals surface area (Å²) in [5, 5.41) is 5.28. The third-order valence-electron chi connectivity index (χ3n) is 3.46. The van der Waals surface area contributed by atoms with Crippen molar-refractivity contribution in [2.45, 2.75) is 4.90 Å². The Balaban J connectivity index is 1.85. The second-order valence-electron chi connectivity index (χ2n) is 4.91. The van der Waals surface area contributed by atoms with Crippen molar-refractivity contribution >= 4 is 34.4 Å². The van der Waals surface area contributed by atoms with Crippen LogP contribution in [0.4, 0.5) is 5.69 Å². The van der Waals surface area contributed by atoms with Crippen LogP contribution in [-0.2, 0) is 7.05 Å². The summed E-state index contributed by atoms with van der Waals surface area (Å²) in [6, 6.07) is 7.23. The fourth-order valence-electron chi connectivity index (χ4n) is 2.28. The first kappa shape index (κ1) is 16.1. The maximum Gasteiger partial charge on any atom is 0.283 e.